The van der Waals surface area contributed by atoms with E-state index >= 15 is 0 Å². The zero-order chi connectivity index (χ0) is 20.4. The molecule has 0 atom stereocenters. The average molecular weight is 423 g/mol. The van der Waals surface area contributed by atoms with E-state index in [0.29, 0.717) is 12.1 Å². The van der Waals surface area contributed by atoms with Crippen molar-refractivity contribution in [2.24, 2.45) is 0 Å². The summed E-state index contributed by atoms with van der Waals surface area (Å²) in [5.41, 5.74) is -2.25. The smallest absolute Gasteiger partial charge is 0.324 e. The molecular formula is C15H10ClF3N2O5S. The molecule has 2 aromatic rings. The lowest BCUT2D eigenvalue weighted by atomic mass is 10.2. The number of rotatable bonds is 5. The minimum atomic E-state index is -4.69. The summed E-state index contributed by atoms with van der Waals surface area (Å²) >= 11 is 5.72. The summed E-state index contributed by atoms with van der Waals surface area (Å²) in [5.74, 6) is -2.42. The highest BCUT2D eigenvalue weighted by Gasteiger charge is 2.32. The van der Waals surface area contributed by atoms with E-state index in [0.717, 1.165) is 18.2 Å². The summed E-state index contributed by atoms with van der Waals surface area (Å²) in [6.45, 7) is 0. The Labute approximate surface area is 155 Å². The van der Waals surface area contributed by atoms with Crippen molar-refractivity contribution >= 4 is 38.7 Å². The van der Waals surface area contributed by atoms with Gasteiger partial charge in [-0.05, 0) is 24.3 Å². The van der Waals surface area contributed by atoms with Gasteiger partial charge < -0.3 is 5.32 Å². The third-order valence-electron chi connectivity index (χ3n) is 3.29. The second-order valence-electron chi connectivity index (χ2n) is 5.22. The summed E-state index contributed by atoms with van der Waals surface area (Å²) in [6.07, 6.45) is -4.69. The van der Waals surface area contributed by atoms with Crippen molar-refractivity contribution in [1.82, 2.24) is 0 Å². The number of hydrogen-bond donors (Lipinski definition) is 1. The van der Waals surface area contributed by atoms with Crippen LogP contribution in [-0.2, 0) is 20.8 Å². The minimum Gasteiger partial charge on any atom is -0.324 e. The molecule has 0 aliphatic heterocycles. The van der Waals surface area contributed by atoms with Gasteiger partial charge in [-0.3, -0.25) is 14.9 Å². The fraction of sp³-hybridized carbons (Fsp3) is 0.133. The number of hydrogen-bond acceptors (Lipinski definition) is 5. The van der Waals surface area contributed by atoms with Crippen molar-refractivity contribution in [3.63, 3.8) is 0 Å². The van der Waals surface area contributed by atoms with Gasteiger partial charge in [0.2, 0.25) is 5.91 Å². The Morgan fingerprint density at radius 3 is 2.41 bits per heavy atom. The third-order valence-corrected chi connectivity index (χ3v) is 5.27. The summed E-state index contributed by atoms with van der Waals surface area (Å²) in [4.78, 5) is 21.3. The summed E-state index contributed by atoms with van der Waals surface area (Å²) in [5, 5.41) is 12.7. The Hall–Kier alpha value is -2.66. The molecule has 0 saturated carbocycles. The molecule has 0 aliphatic carbocycles. The largest absolute Gasteiger partial charge is 0.416 e. The summed E-state index contributed by atoms with van der Waals surface area (Å²) in [7, 11) is -4.43. The monoisotopic (exact) mass is 422 g/mol. The maximum atomic E-state index is 12.7. The molecule has 0 spiro atoms. The Balaban J connectivity index is 2.27. The zero-order valence-corrected chi connectivity index (χ0v) is 14.7. The fourth-order valence-corrected chi connectivity index (χ4v) is 3.59. The number of alkyl halides is 3. The van der Waals surface area contributed by atoms with Crippen LogP contribution in [0.1, 0.15) is 5.56 Å². The molecular weight excluding hydrogens is 413 g/mol. The second kappa shape index (κ2) is 7.53. The summed E-state index contributed by atoms with van der Waals surface area (Å²) < 4.78 is 62.8. The van der Waals surface area contributed by atoms with Gasteiger partial charge in [0, 0.05) is 6.07 Å². The van der Waals surface area contributed by atoms with Crippen molar-refractivity contribution in [3.05, 3.63) is 63.2 Å². The number of nitrogens with zero attached hydrogens (tertiary/aromatic N) is 1. The molecule has 0 bridgehead atoms. The number of carbonyl (C=O) groups is 1. The SMILES string of the molecule is O=C(CS(=O)(=O)c1ccccc1[N+](=O)[O-])Nc1cc(C(F)(F)F)ccc1Cl. The first-order valence-corrected chi connectivity index (χ1v) is 9.07. The zero-order valence-electron chi connectivity index (χ0n) is 13.2. The van der Waals surface area contributed by atoms with Crippen molar-refractivity contribution in [2.75, 3.05) is 11.1 Å². The molecule has 0 fully saturated rings. The quantitative estimate of drug-likeness (QED) is 0.584. The third kappa shape index (κ3) is 4.95. The standard InChI is InChI=1S/C15H10ClF3N2O5S/c16-10-6-5-9(15(17,18)19)7-11(10)20-14(22)8-27(25,26)13-4-2-1-3-12(13)21(23)24/h1-7H,8H2,(H,20,22). The molecule has 2 aromatic carbocycles. The lowest BCUT2D eigenvalue weighted by Crippen LogP contribution is -2.24. The molecule has 27 heavy (non-hydrogen) atoms. The van der Waals surface area contributed by atoms with E-state index < -0.39 is 54.4 Å². The van der Waals surface area contributed by atoms with Crippen LogP contribution in [0, 0.1) is 10.1 Å². The second-order valence-corrected chi connectivity index (χ2v) is 7.59. The molecule has 0 unspecified atom stereocenters. The number of anilines is 1. The number of nitro groups is 1. The lowest BCUT2D eigenvalue weighted by Gasteiger charge is -2.12. The van der Waals surface area contributed by atoms with Crippen LogP contribution >= 0.6 is 11.6 Å². The maximum absolute atomic E-state index is 12.7. The van der Waals surface area contributed by atoms with Crippen molar-refractivity contribution in [2.45, 2.75) is 11.1 Å². The molecule has 0 radical (unpaired) electrons. The van der Waals surface area contributed by atoms with Crippen molar-refractivity contribution in [1.29, 1.82) is 0 Å². The number of nitro benzene ring substituents is 1. The van der Waals surface area contributed by atoms with Crippen LogP contribution in [0.5, 0.6) is 0 Å². The molecule has 0 heterocycles. The lowest BCUT2D eigenvalue weighted by molar-refractivity contribution is -0.387. The van der Waals surface area contributed by atoms with Gasteiger partial charge in [-0.15, -0.1) is 0 Å². The highest BCUT2D eigenvalue weighted by molar-refractivity contribution is 7.92. The van der Waals surface area contributed by atoms with Gasteiger partial charge in [0.15, 0.2) is 9.84 Å². The molecule has 1 amide bonds. The maximum Gasteiger partial charge on any atom is 0.416 e. The number of amides is 1. The van der Waals surface area contributed by atoms with Crippen LogP contribution in [0.15, 0.2) is 47.4 Å². The molecule has 0 saturated heterocycles. The number of carbonyl (C=O) groups excluding carboxylic acids is 1. The van der Waals surface area contributed by atoms with Crippen molar-refractivity contribution < 1.29 is 31.3 Å². The predicted octanol–water partition coefficient (Wildman–Crippen LogP) is 3.68. The van der Waals surface area contributed by atoms with Crippen LogP contribution in [0.25, 0.3) is 0 Å². The van der Waals surface area contributed by atoms with Crippen molar-refractivity contribution in [3.8, 4) is 0 Å². The van der Waals surface area contributed by atoms with E-state index in [1.54, 1.807) is 0 Å². The van der Waals surface area contributed by atoms with Gasteiger partial charge in [-0.2, -0.15) is 13.2 Å². The van der Waals surface area contributed by atoms with Crippen LogP contribution in [0.3, 0.4) is 0 Å². The van der Waals surface area contributed by atoms with Gasteiger partial charge >= 0.3 is 6.18 Å². The van der Waals surface area contributed by atoms with Crippen LogP contribution in [0.2, 0.25) is 5.02 Å². The Morgan fingerprint density at radius 1 is 1.19 bits per heavy atom. The molecule has 144 valence electrons. The van der Waals surface area contributed by atoms with Gasteiger partial charge in [0.1, 0.15) is 10.6 Å². The van der Waals surface area contributed by atoms with Gasteiger partial charge in [0.25, 0.3) is 5.69 Å². The average Bonchev–Trinajstić information content (AvgIpc) is 2.55. The topological polar surface area (TPSA) is 106 Å². The van der Waals surface area contributed by atoms with Crippen LogP contribution in [0.4, 0.5) is 24.5 Å². The first kappa shape index (κ1) is 20.6. The normalized spacial score (nSPS) is 11.9. The van der Waals surface area contributed by atoms with Gasteiger partial charge in [-0.25, -0.2) is 8.42 Å². The Bertz CT molecular complexity index is 1010. The van der Waals surface area contributed by atoms with E-state index in [1.165, 1.54) is 12.1 Å². The van der Waals surface area contributed by atoms with Gasteiger partial charge in [0.05, 0.1) is 21.2 Å². The van der Waals surface area contributed by atoms with E-state index in [4.69, 9.17) is 11.6 Å². The summed E-state index contributed by atoms with van der Waals surface area (Å²) in [6, 6.07) is 6.55. The number of nitrogens with one attached hydrogen (secondary N) is 1. The molecule has 0 aliphatic rings. The molecule has 2 rings (SSSR count). The van der Waals surface area contributed by atoms with Crippen LogP contribution < -0.4 is 5.32 Å². The number of sulfone groups is 1. The molecule has 7 nitrogen and oxygen atoms in total. The highest BCUT2D eigenvalue weighted by Crippen LogP contribution is 2.34. The highest BCUT2D eigenvalue weighted by atomic mass is 35.5. The fourth-order valence-electron chi connectivity index (χ4n) is 2.11. The first-order valence-electron chi connectivity index (χ1n) is 7.04. The molecule has 1 N–H and O–H groups in total. The molecule has 0 aromatic heterocycles. The van der Waals surface area contributed by atoms with E-state index in [-0.39, 0.29) is 5.02 Å². The van der Waals surface area contributed by atoms with Crippen LogP contribution in [-0.4, -0.2) is 25.0 Å². The molecule has 12 heteroatoms. The number of halogens is 4. The van der Waals surface area contributed by atoms with Gasteiger partial charge in [-0.1, -0.05) is 23.7 Å². The van der Waals surface area contributed by atoms with E-state index in [9.17, 15) is 36.5 Å². The number of para-hydroxylation sites is 1. The predicted molar refractivity (Wildman–Crippen MR) is 90.2 cm³/mol. The van der Waals surface area contributed by atoms with E-state index in [2.05, 4.69) is 0 Å². The van der Waals surface area contributed by atoms with E-state index in [1.807, 2.05) is 5.32 Å². The Kier molecular flexibility index (Phi) is 5.76. The number of benzene rings is 2. The first-order chi connectivity index (χ1) is 12.4. The Morgan fingerprint density at radius 2 is 1.81 bits per heavy atom. The minimum absolute atomic E-state index is 0.237.